The summed E-state index contributed by atoms with van der Waals surface area (Å²) in [5.41, 5.74) is 2.50. The average Bonchev–Trinajstić information content (AvgIpc) is 2.34. The number of anilines is 1. The van der Waals surface area contributed by atoms with Gasteiger partial charge in [0.2, 0.25) is 0 Å². The molecule has 0 aromatic heterocycles. The molecule has 0 fully saturated rings. The molecule has 0 unspecified atom stereocenters. The van der Waals surface area contributed by atoms with Gasteiger partial charge in [-0.15, -0.1) is 11.6 Å². The SMILES string of the molecule is CCCCCN(c1ccc(CCl)cc1)C(C)C. The number of nitrogens with zero attached hydrogens (tertiary/aromatic N) is 1. The zero-order valence-electron chi connectivity index (χ0n) is 11.2. The Balaban J connectivity index is 2.68. The molecule has 0 N–H and O–H groups in total. The van der Waals surface area contributed by atoms with Crippen LogP contribution in [0.15, 0.2) is 24.3 Å². The second-order valence-electron chi connectivity index (χ2n) is 4.79. The molecule has 0 aliphatic rings. The first-order valence-electron chi connectivity index (χ1n) is 6.60. The van der Waals surface area contributed by atoms with Gasteiger partial charge in [-0.2, -0.15) is 0 Å². The average molecular weight is 254 g/mol. The van der Waals surface area contributed by atoms with Crippen molar-refractivity contribution < 1.29 is 0 Å². The number of hydrogen-bond donors (Lipinski definition) is 0. The number of alkyl halides is 1. The van der Waals surface area contributed by atoms with Gasteiger partial charge in [0.05, 0.1) is 0 Å². The Labute approximate surface area is 111 Å². The fourth-order valence-electron chi connectivity index (χ4n) is 1.99. The van der Waals surface area contributed by atoms with Gasteiger partial charge in [0.25, 0.3) is 0 Å². The van der Waals surface area contributed by atoms with Crippen molar-refractivity contribution in [2.45, 2.75) is 52.0 Å². The minimum absolute atomic E-state index is 0.550. The van der Waals surface area contributed by atoms with Gasteiger partial charge in [-0.3, -0.25) is 0 Å². The number of benzene rings is 1. The summed E-state index contributed by atoms with van der Waals surface area (Å²) >= 11 is 5.81. The van der Waals surface area contributed by atoms with Crippen molar-refractivity contribution in [2.24, 2.45) is 0 Å². The summed E-state index contributed by atoms with van der Waals surface area (Å²) in [6.45, 7) is 7.89. The van der Waals surface area contributed by atoms with E-state index in [1.54, 1.807) is 0 Å². The first-order valence-corrected chi connectivity index (χ1v) is 7.14. The van der Waals surface area contributed by atoms with Crippen molar-refractivity contribution >= 4 is 17.3 Å². The molecular formula is C15H24ClN. The topological polar surface area (TPSA) is 3.24 Å². The van der Waals surface area contributed by atoms with E-state index in [2.05, 4.69) is 49.9 Å². The first-order chi connectivity index (χ1) is 8.19. The van der Waals surface area contributed by atoms with Gasteiger partial charge in [0, 0.05) is 24.2 Å². The summed E-state index contributed by atoms with van der Waals surface area (Å²) in [7, 11) is 0. The van der Waals surface area contributed by atoms with Crippen molar-refractivity contribution in [2.75, 3.05) is 11.4 Å². The highest BCUT2D eigenvalue weighted by Crippen LogP contribution is 2.19. The summed E-state index contributed by atoms with van der Waals surface area (Å²) in [4.78, 5) is 2.47. The van der Waals surface area contributed by atoms with Crippen LogP contribution in [0.4, 0.5) is 5.69 Å². The van der Waals surface area contributed by atoms with Crippen molar-refractivity contribution in [3.8, 4) is 0 Å². The predicted octanol–water partition coefficient (Wildman–Crippen LogP) is 4.83. The number of unbranched alkanes of at least 4 members (excludes halogenated alkanes) is 2. The Bertz CT molecular complexity index is 305. The molecule has 17 heavy (non-hydrogen) atoms. The van der Waals surface area contributed by atoms with Crippen LogP contribution in [-0.4, -0.2) is 12.6 Å². The molecule has 96 valence electrons. The van der Waals surface area contributed by atoms with Gasteiger partial charge in [-0.1, -0.05) is 31.9 Å². The van der Waals surface area contributed by atoms with Crippen molar-refractivity contribution in [3.63, 3.8) is 0 Å². The Morgan fingerprint density at radius 1 is 1.12 bits per heavy atom. The van der Waals surface area contributed by atoms with Gasteiger partial charge in [-0.05, 0) is 38.0 Å². The smallest absolute Gasteiger partial charge is 0.0474 e. The van der Waals surface area contributed by atoms with Crippen LogP contribution in [0.5, 0.6) is 0 Å². The molecule has 0 saturated carbocycles. The molecule has 0 spiro atoms. The molecule has 1 rings (SSSR count). The lowest BCUT2D eigenvalue weighted by atomic mass is 10.1. The van der Waals surface area contributed by atoms with Crippen LogP contribution in [0.1, 0.15) is 45.6 Å². The minimum atomic E-state index is 0.550. The normalized spacial score (nSPS) is 10.9. The second kappa shape index (κ2) is 7.60. The summed E-state index contributed by atoms with van der Waals surface area (Å²) in [5.74, 6) is 0.595. The second-order valence-corrected chi connectivity index (χ2v) is 5.06. The van der Waals surface area contributed by atoms with Gasteiger partial charge in [0.1, 0.15) is 0 Å². The summed E-state index contributed by atoms with van der Waals surface area (Å²) in [5, 5.41) is 0. The number of halogens is 1. The maximum absolute atomic E-state index is 5.81. The van der Waals surface area contributed by atoms with E-state index in [1.807, 2.05) is 0 Å². The maximum atomic E-state index is 5.81. The van der Waals surface area contributed by atoms with Gasteiger partial charge >= 0.3 is 0 Å². The molecule has 0 atom stereocenters. The highest BCUT2D eigenvalue weighted by Gasteiger charge is 2.09. The fourth-order valence-corrected chi connectivity index (χ4v) is 2.17. The third-order valence-corrected chi connectivity index (χ3v) is 3.36. The molecule has 1 aromatic carbocycles. The highest BCUT2D eigenvalue weighted by atomic mass is 35.5. The Morgan fingerprint density at radius 2 is 1.76 bits per heavy atom. The largest absolute Gasteiger partial charge is 0.369 e. The fraction of sp³-hybridized carbons (Fsp3) is 0.600. The van der Waals surface area contributed by atoms with Crippen LogP contribution >= 0.6 is 11.6 Å². The predicted molar refractivity (Wildman–Crippen MR) is 78.0 cm³/mol. The molecule has 0 aliphatic heterocycles. The number of hydrogen-bond acceptors (Lipinski definition) is 1. The Hall–Kier alpha value is -0.690. The van der Waals surface area contributed by atoms with E-state index in [-0.39, 0.29) is 0 Å². The molecular weight excluding hydrogens is 230 g/mol. The van der Waals surface area contributed by atoms with Crippen LogP contribution in [-0.2, 0) is 5.88 Å². The van der Waals surface area contributed by atoms with Crippen LogP contribution in [0.3, 0.4) is 0 Å². The Kier molecular flexibility index (Phi) is 6.43. The Morgan fingerprint density at radius 3 is 2.24 bits per heavy atom. The lowest BCUT2D eigenvalue weighted by molar-refractivity contribution is 0.626. The molecule has 0 amide bonds. The molecule has 0 bridgehead atoms. The van der Waals surface area contributed by atoms with Crippen molar-refractivity contribution in [1.82, 2.24) is 0 Å². The third kappa shape index (κ3) is 4.59. The standard InChI is InChI=1S/C15H24ClN/c1-4-5-6-11-17(13(2)3)15-9-7-14(12-16)8-10-15/h7-10,13H,4-6,11-12H2,1-3H3. The lowest BCUT2D eigenvalue weighted by Gasteiger charge is -2.29. The van der Waals surface area contributed by atoms with E-state index >= 15 is 0 Å². The quantitative estimate of drug-likeness (QED) is 0.497. The molecule has 0 aliphatic carbocycles. The van der Waals surface area contributed by atoms with Gasteiger partial charge in [0.15, 0.2) is 0 Å². The van der Waals surface area contributed by atoms with E-state index < -0.39 is 0 Å². The van der Waals surface area contributed by atoms with Crippen LogP contribution in [0, 0.1) is 0 Å². The molecule has 0 heterocycles. The molecule has 0 radical (unpaired) electrons. The van der Waals surface area contributed by atoms with Crippen molar-refractivity contribution in [3.05, 3.63) is 29.8 Å². The summed E-state index contributed by atoms with van der Waals surface area (Å²) in [6, 6.07) is 9.16. The zero-order chi connectivity index (χ0) is 12.7. The van der Waals surface area contributed by atoms with Crippen LogP contribution in [0.25, 0.3) is 0 Å². The lowest BCUT2D eigenvalue weighted by Crippen LogP contribution is -2.31. The van der Waals surface area contributed by atoms with Gasteiger partial charge < -0.3 is 4.90 Å². The molecule has 2 heteroatoms. The van der Waals surface area contributed by atoms with Crippen LogP contribution in [0.2, 0.25) is 0 Å². The van der Waals surface area contributed by atoms with E-state index in [9.17, 15) is 0 Å². The first kappa shape index (κ1) is 14.4. The van der Waals surface area contributed by atoms with Gasteiger partial charge in [-0.25, -0.2) is 0 Å². The highest BCUT2D eigenvalue weighted by molar-refractivity contribution is 6.17. The zero-order valence-corrected chi connectivity index (χ0v) is 12.0. The van der Waals surface area contributed by atoms with Crippen molar-refractivity contribution in [1.29, 1.82) is 0 Å². The minimum Gasteiger partial charge on any atom is -0.369 e. The van der Waals surface area contributed by atoms with Crippen LogP contribution < -0.4 is 4.90 Å². The number of rotatable bonds is 7. The molecule has 0 saturated heterocycles. The van der Waals surface area contributed by atoms with E-state index in [4.69, 9.17) is 11.6 Å². The maximum Gasteiger partial charge on any atom is 0.0474 e. The third-order valence-electron chi connectivity index (χ3n) is 3.05. The summed E-state index contributed by atoms with van der Waals surface area (Å²) in [6.07, 6.45) is 3.85. The molecule has 1 aromatic rings. The van der Waals surface area contributed by atoms with E-state index in [1.165, 1.54) is 30.5 Å². The van der Waals surface area contributed by atoms with E-state index in [0.29, 0.717) is 11.9 Å². The molecule has 1 nitrogen and oxygen atoms in total. The van der Waals surface area contributed by atoms with E-state index in [0.717, 1.165) is 6.54 Å². The summed E-state index contributed by atoms with van der Waals surface area (Å²) < 4.78 is 0. The monoisotopic (exact) mass is 253 g/mol.